The zero-order valence-corrected chi connectivity index (χ0v) is 15.0. The predicted molar refractivity (Wildman–Crippen MR) is 94.2 cm³/mol. The van der Waals surface area contributed by atoms with Crippen LogP contribution in [0.5, 0.6) is 0 Å². The highest BCUT2D eigenvalue weighted by Gasteiger charge is 2.39. The maximum absolute atomic E-state index is 13.5. The van der Waals surface area contributed by atoms with Gasteiger partial charge in [-0.25, -0.2) is 13.6 Å². The maximum Gasteiger partial charge on any atom is 0.417 e. The molecule has 5 N–H and O–H groups in total. The highest BCUT2D eigenvalue weighted by Crippen LogP contribution is 2.42. The van der Waals surface area contributed by atoms with Gasteiger partial charge < -0.3 is 5.73 Å². The van der Waals surface area contributed by atoms with E-state index in [0.717, 1.165) is 11.6 Å². The third-order valence-electron chi connectivity index (χ3n) is 4.01. The lowest BCUT2D eigenvalue weighted by Gasteiger charge is -2.17. The highest BCUT2D eigenvalue weighted by atomic mass is 32.2. The van der Waals surface area contributed by atoms with Crippen LogP contribution in [0.2, 0.25) is 0 Å². The number of benzene rings is 2. The van der Waals surface area contributed by atoms with Crippen LogP contribution in [0, 0.1) is 0 Å². The molecular weight excluding hydrogens is 397 g/mol. The van der Waals surface area contributed by atoms with E-state index < -0.39 is 26.7 Å². The number of primary sulfonamides is 1. The lowest BCUT2D eigenvalue weighted by Crippen LogP contribution is -2.21. The van der Waals surface area contributed by atoms with Crippen LogP contribution in [-0.2, 0) is 22.6 Å². The second kappa shape index (κ2) is 7.30. The molecule has 3 aromatic rings. The fourth-order valence-electron chi connectivity index (χ4n) is 2.85. The summed E-state index contributed by atoms with van der Waals surface area (Å²) in [5.74, 6) is -0.323. The number of halogens is 3. The van der Waals surface area contributed by atoms with Gasteiger partial charge in [0, 0.05) is 0 Å². The number of sulfonamides is 1. The van der Waals surface area contributed by atoms with Crippen LogP contribution < -0.4 is 10.9 Å². The van der Waals surface area contributed by atoms with Crippen LogP contribution >= 0.6 is 0 Å². The first-order valence-corrected chi connectivity index (χ1v) is 9.47. The van der Waals surface area contributed by atoms with Gasteiger partial charge in [0.1, 0.15) is 4.90 Å². The molecule has 0 fully saturated rings. The van der Waals surface area contributed by atoms with Crippen LogP contribution in [0.3, 0.4) is 0 Å². The lowest BCUT2D eigenvalue weighted by molar-refractivity contribution is -0.139. The quantitative estimate of drug-likeness (QED) is 0.583. The summed E-state index contributed by atoms with van der Waals surface area (Å²) in [6.45, 7) is 0.434. The molecule has 0 unspecified atom stereocenters. The first-order valence-electron chi connectivity index (χ1n) is 7.93. The minimum Gasteiger partial charge on any atom is -0.330 e. The smallest absolute Gasteiger partial charge is 0.330 e. The Labute approximate surface area is 157 Å². The van der Waals surface area contributed by atoms with Crippen LogP contribution in [0.15, 0.2) is 41.3 Å². The van der Waals surface area contributed by atoms with Gasteiger partial charge in [-0.15, -0.1) is 10.2 Å². The summed E-state index contributed by atoms with van der Waals surface area (Å²) < 4.78 is 64.7. The summed E-state index contributed by atoms with van der Waals surface area (Å²) in [6.07, 6.45) is -4.34. The van der Waals surface area contributed by atoms with Crippen LogP contribution in [0.25, 0.3) is 22.5 Å². The SMILES string of the molecule is NCCc1ccc(-c2ccc(C(F)(F)F)c(S(N)(=O)=O)c2-c2nn[nH]n2)cc1. The number of aromatic nitrogens is 4. The van der Waals surface area contributed by atoms with Crippen molar-refractivity contribution >= 4 is 10.0 Å². The second-order valence-corrected chi connectivity index (χ2v) is 7.38. The summed E-state index contributed by atoms with van der Waals surface area (Å²) >= 11 is 0. The molecule has 8 nitrogen and oxygen atoms in total. The number of nitrogens with two attached hydrogens (primary N) is 2. The molecule has 3 rings (SSSR count). The van der Waals surface area contributed by atoms with E-state index in [4.69, 9.17) is 10.9 Å². The number of H-pyrrole nitrogens is 1. The summed E-state index contributed by atoms with van der Waals surface area (Å²) in [4.78, 5) is -1.11. The Morgan fingerprint density at radius 3 is 2.25 bits per heavy atom. The third kappa shape index (κ3) is 3.88. The lowest BCUT2D eigenvalue weighted by atomic mass is 9.95. The van der Waals surface area contributed by atoms with Crippen molar-refractivity contribution in [2.75, 3.05) is 6.54 Å². The summed E-state index contributed by atoms with van der Waals surface area (Å²) in [7, 11) is -4.78. The van der Waals surface area contributed by atoms with E-state index in [1.54, 1.807) is 24.3 Å². The first-order chi connectivity index (χ1) is 13.1. The number of nitrogens with zero attached hydrogens (tertiary/aromatic N) is 3. The topological polar surface area (TPSA) is 141 Å². The Kier molecular flexibility index (Phi) is 5.19. The van der Waals surface area contributed by atoms with Crippen molar-refractivity contribution in [2.24, 2.45) is 10.9 Å². The highest BCUT2D eigenvalue weighted by molar-refractivity contribution is 7.89. The Morgan fingerprint density at radius 1 is 1.07 bits per heavy atom. The zero-order valence-electron chi connectivity index (χ0n) is 14.2. The van der Waals surface area contributed by atoms with Crippen molar-refractivity contribution in [3.8, 4) is 22.5 Å². The number of aromatic amines is 1. The van der Waals surface area contributed by atoms with E-state index in [2.05, 4.69) is 20.6 Å². The summed E-state index contributed by atoms with van der Waals surface area (Å²) in [5, 5.41) is 17.9. The molecule has 1 aromatic heterocycles. The maximum atomic E-state index is 13.5. The molecule has 0 atom stereocenters. The van der Waals surface area contributed by atoms with Gasteiger partial charge >= 0.3 is 6.18 Å². The Hall–Kier alpha value is -2.83. The van der Waals surface area contributed by atoms with Gasteiger partial charge in [-0.05, 0) is 40.9 Å². The molecule has 12 heteroatoms. The van der Waals surface area contributed by atoms with Gasteiger partial charge in [-0.2, -0.15) is 18.4 Å². The summed E-state index contributed by atoms with van der Waals surface area (Å²) in [5.41, 5.74) is 5.27. The Morgan fingerprint density at radius 2 is 1.75 bits per heavy atom. The molecule has 0 aliphatic carbocycles. The van der Waals surface area contributed by atoms with Crippen molar-refractivity contribution in [1.82, 2.24) is 20.6 Å². The molecule has 0 bridgehead atoms. The molecule has 0 radical (unpaired) electrons. The zero-order chi connectivity index (χ0) is 20.5. The number of hydrogen-bond acceptors (Lipinski definition) is 6. The second-order valence-electron chi connectivity index (χ2n) is 5.88. The van der Waals surface area contributed by atoms with Crippen molar-refractivity contribution in [1.29, 1.82) is 0 Å². The van der Waals surface area contributed by atoms with Gasteiger partial charge in [0.15, 0.2) is 0 Å². The number of rotatable bonds is 5. The van der Waals surface area contributed by atoms with Gasteiger partial charge in [-0.3, -0.25) is 0 Å². The molecule has 28 heavy (non-hydrogen) atoms. The minimum atomic E-state index is -4.95. The van der Waals surface area contributed by atoms with E-state index >= 15 is 0 Å². The summed E-state index contributed by atoms with van der Waals surface area (Å²) in [6, 6.07) is 8.61. The molecule has 0 saturated heterocycles. The Bertz CT molecular complexity index is 1080. The molecule has 0 aliphatic rings. The third-order valence-corrected chi connectivity index (χ3v) is 5.01. The molecule has 0 spiro atoms. The molecule has 2 aromatic carbocycles. The fourth-order valence-corrected chi connectivity index (χ4v) is 3.83. The number of nitrogens with one attached hydrogen (secondary N) is 1. The van der Waals surface area contributed by atoms with Gasteiger partial charge in [0.2, 0.25) is 15.8 Å². The van der Waals surface area contributed by atoms with Crippen LogP contribution in [-0.4, -0.2) is 35.6 Å². The number of hydrogen-bond donors (Lipinski definition) is 3. The standard InChI is InChI=1S/C16H15F3N6O2S/c17-16(18,19)12-6-5-11(10-3-1-9(2-4-10)7-8-20)13(14(12)28(21,26)27)15-22-24-25-23-15/h1-6H,7-8,20H2,(H2,21,26,27)(H,22,23,24,25). The number of alkyl halides is 3. The van der Waals surface area contributed by atoms with E-state index in [0.29, 0.717) is 24.6 Å². The van der Waals surface area contributed by atoms with Crippen molar-refractivity contribution < 1.29 is 21.6 Å². The first kappa shape index (κ1) is 19.9. The predicted octanol–water partition coefficient (Wildman–Crippen LogP) is 1.70. The average Bonchev–Trinajstić information content (AvgIpc) is 3.14. The van der Waals surface area contributed by atoms with E-state index in [9.17, 15) is 21.6 Å². The van der Waals surface area contributed by atoms with Crippen LogP contribution in [0.1, 0.15) is 11.1 Å². The molecule has 0 saturated carbocycles. The monoisotopic (exact) mass is 412 g/mol. The average molecular weight is 412 g/mol. The van der Waals surface area contributed by atoms with E-state index in [-0.39, 0.29) is 17.0 Å². The van der Waals surface area contributed by atoms with Crippen molar-refractivity contribution in [2.45, 2.75) is 17.5 Å². The largest absolute Gasteiger partial charge is 0.417 e. The molecule has 1 heterocycles. The van der Waals surface area contributed by atoms with E-state index in [1.165, 1.54) is 0 Å². The normalized spacial score (nSPS) is 12.3. The minimum absolute atomic E-state index is 0.165. The molecule has 0 aliphatic heterocycles. The van der Waals surface area contributed by atoms with Crippen LogP contribution in [0.4, 0.5) is 13.2 Å². The van der Waals surface area contributed by atoms with Gasteiger partial charge in [0.25, 0.3) is 0 Å². The van der Waals surface area contributed by atoms with Crippen molar-refractivity contribution in [3.63, 3.8) is 0 Å². The molecule has 148 valence electrons. The Balaban J connectivity index is 2.35. The van der Waals surface area contributed by atoms with Gasteiger partial charge in [-0.1, -0.05) is 30.3 Å². The van der Waals surface area contributed by atoms with Crippen molar-refractivity contribution in [3.05, 3.63) is 47.5 Å². The number of tetrazole rings is 1. The fraction of sp³-hybridized carbons (Fsp3) is 0.188. The molecular formula is C16H15F3N6O2S. The molecule has 0 amide bonds. The van der Waals surface area contributed by atoms with E-state index in [1.807, 2.05) is 0 Å². The van der Waals surface area contributed by atoms with Gasteiger partial charge in [0.05, 0.1) is 11.1 Å².